The van der Waals surface area contributed by atoms with Gasteiger partial charge in [0, 0.05) is 16.2 Å². The number of aromatic nitrogens is 1. The van der Waals surface area contributed by atoms with E-state index in [1.165, 1.54) is 0 Å². The van der Waals surface area contributed by atoms with Crippen LogP contribution in [0.1, 0.15) is 21.5 Å². The van der Waals surface area contributed by atoms with Crippen LogP contribution in [0.4, 0.5) is 5.69 Å². The fraction of sp³-hybridized carbons (Fsp3) is 0.143. The lowest BCUT2D eigenvalue weighted by Crippen LogP contribution is -2.13. The van der Waals surface area contributed by atoms with Crippen molar-refractivity contribution in [2.45, 2.75) is 13.8 Å². The van der Waals surface area contributed by atoms with Crippen LogP contribution < -0.4 is 5.32 Å². The fourth-order valence-electron chi connectivity index (χ4n) is 1.81. The van der Waals surface area contributed by atoms with Crippen LogP contribution in [-0.2, 0) is 0 Å². The van der Waals surface area contributed by atoms with E-state index in [-0.39, 0.29) is 11.1 Å². The zero-order valence-corrected chi connectivity index (χ0v) is 12.8. The molecule has 1 N–H and O–H groups in total. The standard InChI is InChI=1S/C14H12BrClN2O/c1-8-3-9(2)5-10(4-8)14(19)18-12-6-11(15)7-17-13(12)16/h3-7H,1-2H3,(H,18,19). The number of hydrogen-bond donors (Lipinski definition) is 1. The quantitative estimate of drug-likeness (QED) is 0.826. The minimum Gasteiger partial charge on any atom is -0.319 e. The van der Waals surface area contributed by atoms with Crippen molar-refractivity contribution in [2.75, 3.05) is 5.32 Å². The molecule has 0 saturated carbocycles. The zero-order chi connectivity index (χ0) is 14.0. The van der Waals surface area contributed by atoms with E-state index in [4.69, 9.17) is 11.6 Å². The molecule has 0 aliphatic rings. The number of benzene rings is 1. The van der Waals surface area contributed by atoms with Crippen LogP contribution in [0.25, 0.3) is 0 Å². The summed E-state index contributed by atoms with van der Waals surface area (Å²) in [5, 5.41) is 3.02. The van der Waals surface area contributed by atoms with Gasteiger partial charge >= 0.3 is 0 Å². The molecule has 0 fully saturated rings. The van der Waals surface area contributed by atoms with Gasteiger partial charge in [-0.05, 0) is 48.0 Å². The van der Waals surface area contributed by atoms with Gasteiger partial charge < -0.3 is 5.32 Å². The second-order valence-corrected chi connectivity index (χ2v) is 5.60. The summed E-state index contributed by atoms with van der Waals surface area (Å²) >= 11 is 9.24. The van der Waals surface area contributed by atoms with E-state index in [2.05, 4.69) is 26.2 Å². The number of hydrogen-bond acceptors (Lipinski definition) is 2. The van der Waals surface area contributed by atoms with E-state index < -0.39 is 0 Å². The average Bonchev–Trinajstić information content (AvgIpc) is 2.32. The molecule has 19 heavy (non-hydrogen) atoms. The third-order valence-corrected chi connectivity index (χ3v) is 3.27. The first-order chi connectivity index (χ1) is 8.95. The van der Waals surface area contributed by atoms with Crippen molar-refractivity contribution in [1.29, 1.82) is 0 Å². The molecule has 1 heterocycles. The first-order valence-corrected chi connectivity index (χ1v) is 6.83. The molecule has 3 nitrogen and oxygen atoms in total. The highest BCUT2D eigenvalue weighted by atomic mass is 79.9. The van der Waals surface area contributed by atoms with Gasteiger partial charge in [0.25, 0.3) is 5.91 Å². The van der Waals surface area contributed by atoms with Crippen LogP contribution in [0.5, 0.6) is 0 Å². The first kappa shape index (κ1) is 14.0. The molecule has 5 heteroatoms. The number of rotatable bonds is 2. The summed E-state index contributed by atoms with van der Waals surface area (Å²) in [6, 6.07) is 7.41. The molecule has 0 spiro atoms. The lowest BCUT2D eigenvalue weighted by Gasteiger charge is -2.08. The number of anilines is 1. The molecule has 1 amide bonds. The van der Waals surface area contributed by atoms with Crippen LogP contribution >= 0.6 is 27.5 Å². The van der Waals surface area contributed by atoms with E-state index in [0.717, 1.165) is 15.6 Å². The predicted molar refractivity (Wildman–Crippen MR) is 80.8 cm³/mol. The van der Waals surface area contributed by atoms with E-state index >= 15 is 0 Å². The first-order valence-electron chi connectivity index (χ1n) is 5.66. The Bertz CT molecular complexity index is 623. The largest absolute Gasteiger partial charge is 0.319 e. The number of aryl methyl sites for hydroxylation is 2. The summed E-state index contributed by atoms with van der Waals surface area (Å²) in [6.07, 6.45) is 1.58. The van der Waals surface area contributed by atoms with Crippen molar-refractivity contribution < 1.29 is 4.79 Å². The van der Waals surface area contributed by atoms with Gasteiger partial charge in [-0.3, -0.25) is 4.79 Å². The SMILES string of the molecule is Cc1cc(C)cc(C(=O)Nc2cc(Br)cnc2Cl)c1. The summed E-state index contributed by atoms with van der Waals surface area (Å²) in [4.78, 5) is 16.1. The Hall–Kier alpha value is -1.39. The molecule has 0 radical (unpaired) electrons. The summed E-state index contributed by atoms with van der Waals surface area (Å²) in [6.45, 7) is 3.91. The molecule has 1 aromatic carbocycles. The molecule has 0 bridgehead atoms. The van der Waals surface area contributed by atoms with Crippen LogP contribution in [0, 0.1) is 13.8 Å². The third kappa shape index (κ3) is 3.55. The summed E-state index contributed by atoms with van der Waals surface area (Å²) in [5.74, 6) is -0.200. The zero-order valence-electron chi connectivity index (χ0n) is 10.5. The Morgan fingerprint density at radius 3 is 2.47 bits per heavy atom. The Balaban J connectivity index is 2.28. The van der Waals surface area contributed by atoms with Gasteiger partial charge in [-0.15, -0.1) is 0 Å². The van der Waals surface area contributed by atoms with Crippen molar-refractivity contribution in [3.05, 3.63) is 56.8 Å². The Kier molecular flexibility index (Phi) is 4.22. The van der Waals surface area contributed by atoms with Crippen molar-refractivity contribution >= 4 is 39.1 Å². The van der Waals surface area contributed by atoms with Crippen LogP contribution in [0.2, 0.25) is 5.15 Å². The maximum Gasteiger partial charge on any atom is 0.255 e. The molecule has 98 valence electrons. The van der Waals surface area contributed by atoms with Gasteiger partial charge in [0.15, 0.2) is 5.15 Å². The van der Waals surface area contributed by atoms with Gasteiger partial charge in [0.2, 0.25) is 0 Å². The van der Waals surface area contributed by atoms with E-state index in [1.807, 2.05) is 32.0 Å². The molecule has 0 aliphatic carbocycles. The topological polar surface area (TPSA) is 42.0 Å². The van der Waals surface area contributed by atoms with Gasteiger partial charge in [-0.25, -0.2) is 4.98 Å². The molecule has 1 aromatic heterocycles. The van der Waals surface area contributed by atoms with Gasteiger partial charge in [-0.1, -0.05) is 28.8 Å². The highest BCUT2D eigenvalue weighted by molar-refractivity contribution is 9.10. The van der Waals surface area contributed by atoms with Crippen molar-refractivity contribution in [2.24, 2.45) is 0 Å². The lowest BCUT2D eigenvalue weighted by molar-refractivity contribution is 0.102. The van der Waals surface area contributed by atoms with E-state index in [9.17, 15) is 4.79 Å². The van der Waals surface area contributed by atoms with Crippen molar-refractivity contribution in [1.82, 2.24) is 4.98 Å². The number of nitrogens with one attached hydrogen (secondary N) is 1. The summed E-state index contributed by atoms with van der Waals surface area (Å²) < 4.78 is 0.757. The number of pyridine rings is 1. The maximum absolute atomic E-state index is 12.2. The van der Waals surface area contributed by atoms with Crippen LogP contribution in [0.15, 0.2) is 34.9 Å². The smallest absolute Gasteiger partial charge is 0.255 e. The monoisotopic (exact) mass is 338 g/mol. The minimum atomic E-state index is -0.200. The highest BCUT2D eigenvalue weighted by Crippen LogP contribution is 2.23. The summed E-state index contributed by atoms with van der Waals surface area (Å²) in [7, 11) is 0. The van der Waals surface area contributed by atoms with Crippen molar-refractivity contribution in [3.8, 4) is 0 Å². The fourth-order valence-corrected chi connectivity index (χ4v) is 2.29. The van der Waals surface area contributed by atoms with Crippen LogP contribution in [0.3, 0.4) is 0 Å². The second-order valence-electron chi connectivity index (χ2n) is 4.32. The average molecular weight is 340 g/mol. The minimum absolute atomic E-state index is 0.200. The maximum atomic E-state index is 12.2. The van der Waals surface area contributed by atoms with Crippen LogP contribution in [-0.4, -0.2) is 10.9 Å². The number of carbonyl (C=O) groups is 1. The Labute approximate surface area is 125 Å². The molecule has 2 aromatic rings. The Morgan fingerprint density at radius 1 is 1.21 bits per heavy atom. The molecular weight excluding hydrogens is 328 g/mol. The number of carbonyl (C=O) groups excluding carboxylic acids is 1. The molecule has 2 rings (SSSR count). The second kappa shape index (κ2) is 5.72. The highest BCUT2D eigenvalue weighted by Gasteiger charge is 2.10. The molecule has 0 atom stereocenters. The Morgan fingerprint density at radius 2 is 1.84 bits per heavy atom. The lowest BCUT2D eigenvalue weighted by atomic mass is 10.1. The van der Waals surface area contributed by atoms with Gasteiger partial charge in [-0.2, -0.15) is 0 Å². The number of amides is 1. The van der Waals surface area contributed by atoms with Crippen molar-refractivity contribution in [3.63, 3.8) is 0 Å². The normalized spacial score (nSPS) is 10.3. The molecule has 0 aliphatic heterocycles. The van der Waals surface area contributed by atoms with Gasteiger partial charge in [0.05, 0.1) is 5.69 Å². The van der Waals surface area contributed by atoms with E-state index in [0.29, 0.717) is 11.3 Å². The molecule has 0 unspecified atom stereocenters. The van der Waals surface area contributed by atoms with E-state index in [1.54, 1.807) is 12.3 Å². The predicted octanol–water partition coefficient (Wildman–Crippen LogP) is 4.37. The number of nitrogens with zero attached hydrogens (tertiary/aromatic N) is 1. The number of halogens is 2. The van der Waals surface area contributed by atoms with Gasteiger partial charge in [0.1, 0.15) is 0 Å². The molecule has 0 saturated heterocycles. The molecular formula is C14H12BrClN2O. The summed E-state index contributed by atoms with van der Waals surface area (Å²) in [5.41, 5.74) is 3.18. The third-order valence-electron chi connectivity index (χ3n) is 2.54.